The highest BCUT2D eigenvalue weighted by atomic mass is 19.1. The van der Waals surface area contributed by atoms with Gasteiger partial charge in [-0.25, -0.2) is 8.78 Å². The maximum Gasteiger partial charge on any atom is 0.254 e. The lowest BCUT2D eigenvalue weighted by molar-refractivity contribution is 0.0907. The minimum absolute atomic E-state index is 0.250. The molecule has 2 rings (SSSR count). The number of benzene rings is 1. The first kappa shape index (κ1) is 14.7. The molecule has 0 radical (unpaired) electrons. The van der Waals surface area contributed by atoms with Crippen molar-refractivity contribution in [2.24, 2.45) is 5.92 Å². The van der Waals surface area contributed by atoms with Crippen molar-refractivity contribution in [2.75, 3.05) is 12.3 Å². The first-order chi connectivity index (χ1) is 9.47. The summed E-state index contributed by atoms with van der Waals surface area (Å²) in [6.07, 6.45) is 2.85. The number of amides is 1. The van der Waals surface area contributed by atoms with Gasteiger partial charge >= 0.3 is 0 Å². The average molecular weight is 284 g/mol. The topological polar surface area (TPSA) is 75.4 Å². The number of aliphatic hydroxyl groups is 1. The zero-order chi connectivity index (χ0) is 14.7. The Labute approximate surface area is 116 Å². The molecule has 0 aromatic heterocycles. The lowest BCUT2D eigenvalue weighted by Gasteiger charge is -2.25. The van der Waals surface area contributed by atoms with Crippen LogP contribution in [0, 0.1) is 17.6 Å². The number of nitrogens with two attached hydrogens (primary N) is 1. The van der Waals surface area contributed by atoms with E-state index in [2.05, 4.69) is 5.32 Å². The van der Waals surface area contributed by atoms with Gasteiger partial charge in [-0.15, -0.1) is 0 Å². The van der Waals surface area contributed by atoms with Gasteiger partial charge in [-0.3, -0.25) is 4.79 Å². The molecule has 4 nitrogen and oxygen atoms in total. The molecule has 0 atom stereocenters. The first-order valence-corrected chi connectivity index (χ1v) is 6.68. The van der Waals surface area contributed by atoms with Crippen molar-refractivity contribution in [1.29, 1.82) is 0 Å². The lowest BCUT2D eigenvalue weighted by Crippen LogP contribution is -2.32. The molecular formula is C14H18F2N2O2. The van der Waals surface area contributed by atoms with Crippen LogP contribution in [0.1, 0.15) is 36.0 Å². The summed E-state index contributed by atoms with van der Waals surface area (Å²) in [5.41, 5.74) is 4.83. The summed E-state index contributed by atoms with van der Waals surface area (Å²) in [5.74, 6) is -2.11. The zero-order valence-electron chi connectivity index (χ0n) is 11.0. The van der Waals surface area contributed by atoms with E-state index in [-0.39, 0.29) is 23.3 Å². The molecule has 1 fully saturated rings. The molecule has 1 aromatic rings. The average Bonchev–Trinajstić information content (AvgIpc) is 2.42. The maximum atomic E-state index is 13.5. The van der Waals surface area contributed by atoms with Gasteiger partial charge in [0.15, 0.2) is 0 Å². The van der Waals surface area contributed by atoms with Gasteiger partial charge in [0.2, 0.25) is 0 Å². The Morgan fingerprint density at radius 3 is 2.55 bits per heavy atom. The first-order valence-electron chi connectivity index (χ1n) is 6.68. The number of anilines is 1. The largest absolute Gasteiger partial charge is 0.396 e. The van der Waals surface area contributed by atoms with E-state index in [4.69, 9.17) is 5.73 Å². The van der Waals surface area contributed by atoms with Crippen molar-refractivity contribution in [1.82, 2.24) is 5.32 Å². The smallest absolute Gasteiger partial charge is 0.254 e. The highest BCUT2D eigenvalue weighted by molar-refractivity contribution is 5.95. The standard InChI is InChI=1S/C14H18F2N2O2/c15-11-6-12(16)13(17)5-10(11)14(20)18-7-8-1-3-9(19)4-2-8/h5-6,8-9,19H,1-4,7,17H2,(H,18,20). The third kappa shape index (κ3) is 3.45. The van der Waals surface area contributed by atoms with Gasteiger partial charge in [0, 0.05) is 12.6 Å². The maximum absolute atomic E-state index is 13.5. The number of hydrogen-bond donors (Lipinski definition) is 3. The van der Waals surface area contributed by atoms with Crippen LogP contribution in [0.4, 0.5) is 14.5 Å². The Morgan fingerprint density at radius 2 is 1.90 bits per heavy atom. The summed E-state index contributed by atoms with van der Waals surface area (Å²) in [4.78, 5) is 11.9. The fourth-order valence-electron chi connectivity index (χ4n) is 2.42. The van der Waals surface area contributed by atoms with E-state index in [0.29, 0.717) is 12.6 Å². The molecule has 110 valence electrons. The fourth-order valence-corrected chi connectivity index (χ4v) is 2.42. The van der Waals surface area contributed by atoms with E-state index in [9.17, 15) is 18.7 Å². The molecule has 6 heteroatoms. The summed E-state index contributed by atoms with van der Waals surface area (Å²) in [7, 11) is 0. The van der Waals surface area contributed by atoms with E-state index in [1.54, 1.807) is 0 Å². The van der Waals surface area contributed by atoms with Crippen LogP contribution in [0.15, 0.2) is 12.1 Å². The predicted octanol–water partition coefficient (Wildman–Crippen LogP) is 1.83. The number of aliphatic hydroxyl groups excluding tert-OH is 1. The van der Waals surface area contributed by atoms with Crippen molar-refractivity contribution >= 4 is 11.6 Å². The minimum atomic E-state index is -0.923. The summed E-state index contributed by atoms with van der Waals surface area (Å²) in [6, 6.07) is 1.62. The number of hydrogen-bond acceptors (Lipinski definition) is 3. The number of carbonyl (C=O) groups is 1. The molecule has 1 amide bonds. The second kappa shape index (κ2) is 6.17. The van der Waals surface area contributed by atoms with Gasteiger partial charge in [-0.2, -0.15) is 0 Å². The van der Waals surface area contributed by atoms with Crippen molar-refractivity contribution in [3.8, 4) is 0 Å². The summed E-state index contributed by atoms with van der Waals surface area (Å²) < 4.78 is 26.5. The molecule has 0 heterocycles. The molecule has 1 saturated carbocycles. The van der Waals surface area contributed by atoms with Gasteiger partial charge in [-0.05, 0) is 37.7 Å². The Kier molecular flexibility index (Phi) is 4.54. The third-order valence-corrected chi connectivity index (χ3v) is 3.70. The van der Waals surface area contributed by atoms with Crippen molar-refractivity contribution in [3.63, 3.8) is 0 Å². The molecule has 0 aliphatic heterocycles. The number of nitrogen functional groups attached to an aromatic ring is 1. The predicted molar refractivity (Wildman–Crippen MR) is 71.1 cm³/mol. The monoisotopic (exact) mass is 284 g/mol. The Bertz CT molecular complexity index is 500. The quantitative estimate of drug-likeness (QED) is 0.741. The van der Waals surface area contributed by atoms with Crippen LogP contribution in [-0.2, 0) is 0 Å². The molecule has 0 saturated heterocycles. The normalized spacial score (nSPS) is 22.6. The molecule has 1 aliphatic carbocycles. The van der Waals surface area contributed by atoms with Gasteiger partial charge < -0.3 is 16.2 Å². The SMILES string of the molecule is Nc1cc(C(=O)NCC2CCC(O)CC2)c(F)cc1F. The van der Waals surface area contributed by atoms with Crippen LogP contribution in [0.3, 0.4) is 0 Å². The van der Waals surface area contributed by atoms with E-state index >= 15 is 0 Å². The van der Waals surface area contributed by atoms with Crippen LogP contribution in [-0.4, -0.2) is 23.7 Å². The Hall–Kier alpha value is -1.69. The molecule has 1 aliphatic rings. The lowest BCUT2D eigenvalue weighted by atomic mass is 9.87. The molecule has 1 aromatic carbocycles. The van der Waals surface area contributed by atoms with Crippen LogP contribution in [0.5, 0.6) is 0 Å². The van der Waals surface area contributed by atoms with Crippen LogP contribution in [0.2, 0.25) is 0 Å². The zero-order valence-corrected chi connectivity index (χ0v) is 11.0. The van der Waals surface area contributed by atoms with Crippen molar-refractivity contribution in [2.45, 2.75) is 31.8 Å². The summed E-state index contributed by atoms with van der Waals surface area (Å²) in [5, 5.41) is 12.0. The van der Waals surface area contributed by atoms with Gasteiger partial charge in [0.05, 0.1) is 17.4 Å². The number of carbonyl (C=O) groups excluding carboxylic acids is 1. The molecule has 0 unspecified atom stereocenters. The molecular weight excluding hydrogens is 266 g/mol. The molecule has 20 heavy (non-hydrogen) atoms. The van der Waals surface area contributed by atoms with E-state index in [1.165, 1.54) is 0 Å². The molecule has 0 bridgehead atoms. The van der Waals surface area contributed by atoms with E-state index in [1.807, 2.05) is 0 Å². The second-order valence-electron chi connectivity index (χ2n) is 5.24. The second-order valence-corrected chi connectivity index (χ2v) is 5.24. The van der Waals surface area contributed by atoms with Crippen molar-refractivity contribution in [3.05, 3.63) is 29.3 Å². The minimum Gasteiger partial charge on any atom is -0.396 e. The highest BCUT2D eigenvalue weighted by Crippen LogP contribution is 2.23. The van der Waals surface area contributed by atoms with E-state index < -0.39 is 17.5 Å². The third-order valence-electron chi connectivity index (χ3n) is 3.70. The summed E-state index contributed by atoms with van der Waals surface area (Å²) >= 11 is 0. The Balaban J connectivity index is 1.93. The van der Waals surface area contributed by atoms with Gasteiger partial charge in [0.25, 0.3) is 5.91 Å². The van der Waals surface area contributed by atoms with Crippen molar-refractivity contribution < 1.29 is 18.7 Å². The van der Waals surface area contributed by atoms with Gasteiger partial charge in [-0.1, -0.05) is 0 Å². The fraction of sp³-hybridized carbons (Fsp3) is 0.500. The van der Waals surface area contributed by atoms with E-state index in [0.717, 1.165) is 31.7 Å². The molecule has 4 N–H and O–H groups in total. The van der Waals surface area contributed by atoms with Crippen LogP contribution in [0.25, 0.3) is 0 Å². The number of halogens is 2. The van der Waals surface area contributed by atoms with Gasteiger partial charge in [0.1, 0.15) is 11.6 Å². The number of rotatable bonds is 3. The van der Waals surface area contributed by atoms with Crippen LogP contribution >= 0.6 is 0 Å². The summed E-state index contributed by atoms with van der Waals surface area (Å²) in [6.45, 7) is 0.419. The van der Waals surface area contributed by atoms with Crippen LogP contribution < -0.4 is 11.1 Å². The highest BCUT2D eigenvalue weighted by Gasteiger charge is 2.21. The molecule has 0 spiro atoms. The number of nitrogens with one attached hydrogen (secondary N) is 1. The Morgan fingerprint density at radius 1 is 1.25 bits per heavy atom.